The van der Waals surface area contributed by atoms with Crippen molar-refractivity contribution < 1.29 is 5.11 Å². The Hall–Kier alpha value is -2.05. The van der Waals surface area contributed by atoms with E-state index in [1.165, 1.54) is 19.1 Å². The molecule has 2 heterocycles. The summed E-state index contributed by atoms with van der Waals surface area (Å²) in [6, 6.07) is 4.36. The lowest BCUT2D eigenvalue weighted by Gasteiger charge is -2.37. The van der Waals surface area contributed by atoms with Gasteiger partial charge in [-0.15, -0.1) is 0 Å². The van der Waals surface area contributed by atoms with Gasteiger partial charge in [-0.2, -0.15) is 5.10 Å². The van der Waals surface area contributed by atoms with Crippen molar-refractivity contribution in [3.05, 3.63) is 35.1 Å². The predicted octanol–water partition coefficient (Wildman–Crippen LogP) is 3.96. The van der Waals surface area contributed by atoms with Crippen LogP contribution < -0.4 is 10.2 Å². The topological polar surface area (TPSA) is 77.2 Å². The maximum atomic E-state index is 10.2. The van der Waals surface area contributed by atoms with Crippen molar-refractivity contribution in [2.45, 2.75) is 44.2 Å². The van der Waals surface area contributed by atoms with Gasteiger partial charge in [0.2, 0.25) is 0 Å². The van der Waals surface area contributed by atoms with Crippen LogP contribution in [0.25, 0.3) is 0 Å². The van der Waals surface area contributed by atoms with Gasteiger partial charge >= 0.3 is 0 Å². The van der Waals surface area contributed by atoms with Crippen LogP contribution in [0.1, 0.15) is 44.2 Å². The Balaban J connectivity index is 1.59. The first-order chi connectivity index (χ1) is 12.4. The highest BCUT2D eigenvalue weighted by molar-refractivity contribution is 6.33. The Morgan fingerprint density at radius 1 is 1.35 bits per heavy atom. The monoisotopic (exact) mass is 373 g/mol. The van der Waals surface area contributed by atoms with Gasteiger partial charge in [0.1, 0.15) is 0 Å². The van der Waals surface area contributed by atoms with E-state index in [1.807, 2.05) is 36.1 Å². The van der Waals surface area contributed by atoms with Gasteiger partial charge in [0.15, 0.2) is 0 Å². The van der Waals surface area contributed by atoms with E-state index in [0.717, 1.165) is 35.7 Å². The van der Waals surface area contributed by atoms with E-state index < -0.39 is 5.60 Å². The number of hydrogen-bond acceptors (Lipinski definition) is 5. The number of aliphatic hydroxyl groups is 1. The van der Waals surface area contributed by atoms with Crippen LogP contribution in [0.3, 0.4) is 0 Å². The second-order valence-electron chi connectivity index (χ2n) is 7.58. The Kier molecular flexibility index (Phi) is 4.40. The second-order valence-corrected chi connectivity index (χ2v) is 7.99. The van der Waals surface area contributed by atoms with Gasteiger partial charge in [-0.25, -0.2) is 0 Å². The highest BCUT2D eigenvalue weighted by atomic mass is 35.5. The summed E-state index contributed by atoms with van der Waals surface area (Å²) in [5.41, 5.74) is 2.82. The molecule has 0 amide bonds. The molecule has 6 nitrogen and oxygen atoms in total. The molecule has 0 radical (unpaired) electrons. The number of piperidine rings is 1. The Morgan fingerprint density at radius 2 is 2.08 bits per heavy atom. The molecule has 0 atom stereocenters. The summed E-state index contributed by atoms with van der Waals surface area (Å²) >= 11 is 6.49. The van der Waals surface area contributed by atoms with E-state index in [1.54, 1.807) is 0 Å². The number of benzene rings is 1. The van der Waals surface area contributed by atoms with Crippen molar-refractivity contribution in [2.24, 2.45) is 0 Å². The van der Waals surface area contributed by atoms with E-state index in [4.69, 9.17) is 17.0 Å². The number of anilines is 3. The van der Waals surface area contributed by atoms with E-state index in [2.05, 4.69) is 15.3 Å². The number of nitrogens with zero attached hydrogens (tertiary/aromatic N) is 3. The fraction of sp³-hybridized carbons (Fsp3) is 0.474. The molecule has 2 aromatic rings. The Bertz CT molecular complexity index is 817. The molecule has 1 aliphatic carbocycles. The number of aromatic nitrogens is 2. The van der Waals surface area contributed by atoms with Crippen LogP contribution in [0.2, 0.25) is 5.02 Å². The summed E-state index contributed by atoms with van der Waals surface area (Å²) in [5, 5.41) is 26.3. The lowest BCUT2D eigenvalue weighted by Crippen LogP contribution is -2.42. The molecule has 1 saturated heterocycles. The minimum absolute atomic E-state index is 0.537. The highest BCUT2D eigenvalue weighted by Crippen LogP contribution is 2.37. The molecule has 3 N–H and O–H groups in total. The van der Waals surface area contributed by atoms with Crippen molar-refractivity contribution in [2.75, 3.05) is 23.3 Å². The van der Waals surface area contributed by atoms with Crippen molar-refractivity contribution in [1.29, 1.82) is 5.41 Å². The molecule has 0 bridgehead atoms. The Morgan fingerprint density at radius 3 is 2.73 bits per heavy atom. The molecule has 1 saturated carbocycles. The van der Waals surface area contributed by atoms with Crippen LogP contribution in [0, 0.1) is 5.41 Å². The van der Waals surface area contributed by atoms with Crippen molar-refractivity contribution >= 4 is 34.9 Å². The van der Waals surface area contributed by atoms with E-state index in [-0.39, 0.29) is 0 Å². The van der Waals surface area contributed by atoms with Gasteiger partial charge in [0.25, 0.3) is 0 Å². The highest BCUT2D eigenvalue weighted by Gasteiger charge is 2.28. The average molecular weight is 374 g/mol. The quantitative estimate of drug-likeness (QED) is 0.693. The lowest BCUT2D eigenvalue weighted by molar-refractivity contribution is 0.0351. The fourth-order valence-corrected chi connectivity index (χ4v) is 3.67. The largest absolute Gasteiger partial charge is 0.390 e. The molecule has 138 valence electrons. The van der Waals surface area contributed by atoms with Crippen molar-refractivity contribution in [3.63, 3.8) is 0 Å². The van der Waals surface area contributed by atoms with E-state index in [9.17, 15) is 5.11 Å². The third kappa shape index (κ3) is 3.57. The predicted molar refractivity (Wildman–Crippen MR) is 105 cm³/mol. The third-order valence-corrected chi connectivity index (χ3v) is 5.56. The minimum Gasteiger partial charge on any atom is -0.390 e. The van der Waals surface area contributed by atoms with Crippen LogP contribution in [0.15, 0.2) is 24.5 Å². The fourth-order valence-electron chi connectivity index (χ4n) is 3.37. The zero-order chi connectivity index (χ0) is 18.3. The molecule has 1 aromatic heterocycles. The van der Waals surface area contributed by atoms with Gasteiger partial charge in [0.05, 0.1) is 34.2 Å². The number of halogens is 1. The molecule has 4 rings (SSSR count). The molecule has 2 aliphatic rings. The minimum atomic E-state index is -0.601. The first-order valence-electron chi connectivity index (χ1n) is 9.08. The Labute approximate surface area is 158 Å². The summed E-state index contributed by atoms with van der Waals surface area (Å²) in [6.45, 7) is 3.40. The van der Waals surface area contributed by atoms with Gasteiger partial charge in [-0.3, -0.25) is 4.68 Å². The van der Waals surface area contributed by atoms with Gasteiger partial charge in [-0.1, -0.05) is 11.6 Å². The first kappa shape index (κ1) is 17.4. The molecule has 1 aliphatic heterocycles. The van der Waals surface area contributed by atoms with Crippen molar-refractivity contribution in [3.8, 4) is 0 Å². The number of hydrogen-bond donors (Lipinski definition) is 3. The summed E-state index contributed by atoms with van der Waals surface area (Å²) in [6.07, 6.45) is 8.95. The van der Waals surface area contributed by atoms with Gasteiger partial charge < -0.3 is 20.7 Å². The van der Waals surface area contributed by atoms with Crippen LogP contribution in [0.5, 0.6) is 0 Å². The van der Waals surface area contributed by atoms with Gasteiger partial charge in [0, 0.05) is 36.8 Å². The molecule has 7 heteroatoms. The van der Waals surface area contributed by atoms with E-state index >= 15 is 0 Å². The molecule has 26 heavy (non-hydrogen) atoms. The number of nitrogens with one attached hydrogen (secondary N) is 2. The summed E-state index contributed by atoms with van der Waals surface area (Å²) in [5.74, 6) is 0. The molecular formula is C19H24ClN5O. The number of rotatable bonds is 5. The summed E-state index contributed by atoms with van der Waals surface area (Å²) in [7, 11) is 0. The van der Waals surface area contributed by atoms with Crippen LogP contribution >= 0.6 is 11.6 Å². The maximum Gasteiger partial charge on any atom is 0.0770 e. The van der Waals surface area contributed by atoms with Crippen LogP contribution in [-0.4, -0.2) is 39.8 Å². The lowest BCUT2D eigenvalue weighted by atomic mass is 9.93. The molecule has 1 aromatic carbocycles. The second kappa shape index (κ2) is 6.59. The summed E-state index contributed by atoms with van der Waals surface area (Å²) in [4.78, 5) is 2.20. The first-order valence-corrected chi connectivity index (χ1v) is 9.45. The zero-order valence-electron chi connectivity index (χ0n) is 14.9. The smallest absolute Gasteiger partial charge is 0.0770 e. The zero-order valence-corrected chi connectivity index (χ0v) is 15.6. The molecule has 0 unspecified atom stereocenters. The molecule has 2 fully saturated rings. The molecular weight excluding hydrogens is 350 g/mol. The average Bonchev–Trinajstić information content (AvgIpc) is 3.36. The third-order valence-electron chi connectivity index (χ3n) is 5.26. The normalized spacial score (nSPS) is 19.4. The maximum absolute atomic E-state index is 10.2. The van der Waals surface area contributed by atoms with Gasteiger partial charge in [-0.05, 0) is 44.7 Å². The van der Waals surface area contributed by atoms with Crippen molar-refractivity contribution in [1.82, 2.24) is 9.78 Å². The molecule has 0 spiro atoms. The summed E-state index contributed by atoms with van der Waals surface area (Å²) < 4.78 is 2.00. The standard InChI is InChI=1S/C19H24ClN5O/c1-19(26)4-6-24(7-5-19)18-9-17(13(10-21)8-16(18)20)23-14-11-22-25(12-14)15-2-3-15/h8-12,15,21,23,26H,2-7H2,1H3. The SMILES string of the molecule is CC1(O)CCN(c2cc(Nc3cnn(C4CC4)c3)c(C=N)cc2Cl)CC1. The van der Waals surface area contributed by atoms with Crippen LogP contribution in [0.4, 0.5) is 17.1 Å². The van der Waals surface area contributed by atoms with E-state index in [0.29, 0.717) is 23.9 Å². The van der Waals surface area contributed by atoms with Crippen LogP contribution in [-0.2, 0) is 0 Å².